The van der Waals surface area contributed by atoms with E-state index in [1.165, 1.54) is 16.2 Å². The summed E-state index contributed by atoms with van der Waals surface area (Å²) in [6.45, 7) is 2.22. The molecule has 1 aliphatic carbocycles. The Labute approximate surface area is 150 Å². The van der Waals surface area contributed by atoms with Gasteiger partial charge < -0.3 is 10.6 Å². The first-order valence-corrected chi connectivity index (χ1v) is 9.12. The number of benzene rings is 1. The van der Waals surface area contributed by atoms with Gasteiger partial charge >= 0.3 is 0 Å². The number of nitrogens with one attached hydrogen (secondary N) is 2. The first kappa shape index (κ1) is 17.0. The molecule has 1 aromatic carbocycles. The van der Waals surface area contributed by atoms with Gasteiger partial charge in [0.1, 0.15) is 5.00 Å². The molecule has 2 amide bonds. The highest BCUT2D eigenvalue weighted by molar-refractivity contribution is 7.17. The molecular formula is C18H19ClN2O2S. The normalized spacial score (nSPS) is 16.4. The summed E-state index contributed by atoms with van der Waals surface area (Å²) < 4.78 is 0. The number of hydrogen-bond acceptors (Lipinski definition) is 3. The van der Waals surface area contributed by atoms with Crippen molar-refractivity contribution in [2.45, 2.75) is 26.2 Å². The van der Waals surface area contributed by atoms with Crippen molar-refractivity contribution in [3.05, 3.63) is 50.9 Å². The maximum Gasteiger partial charge on any atom is 0.256 e. The fraction of sp³-hybridized carbons (Fsp3) is 0.333. The van der Waals surface area contributed by atoms with Crippen LogP contribution in [0.15, 0.2) is 24.3 Å². The molecular weight excluding hydrogens is 344 g/mol. The molecule has 0 bridgehead atoms. The molecule has 2 N–H and O–H groups in total. The molecule has 1 atom stereocenters. The van der Waals surface area contributed by atoms with Gasteiger partial charge in [0.15, 0.2) is 0 Å². The number of halogens is 1. The van der Waals surface area contributed by atoms with Crippen molar-refractivity contribution >= 4 is 39.8 Å². The summed E-state index contributed by atoms with van der Waals surface area (Å²) >= 11 is 7.38. The van der Waals surface area contributed by atoms with Gasteiger partial charge in [-0.3, -0.25) is 9.59 Å². The number of anilines is 1. The predicted molar refractivity (Wildman–Crippen MR) is 98.3 cm³/mol. The van der Waals surface area contributed by atoms with E-state index >= 15 is 0 Å². The van der Waals surface area contributed by atoms with Gasteiger partial charge in [0.25, 0.3) is 11.8 Å². The molecule has 1 aliphatic rings. The molecule has 4 nitrogen and oxygen atoms in total. The van der Waals surface area contributed by atoms with E-state index in [0.29, 0.717) is 27.1 Å². The van der Waals surface area contributed by atoms with Crippen molar-refractivity contribution in [3.63, 3.8) is 0 Å². The number of amides is 2. The molecule has 3 rings (SSSR count). The zero-order chi connectivity index (χ0) is 17.3. The third kappa shape index (κ3) is 3.32. The van der Waals surface area contributed by atoms with Crippen LogP contribution >= 0.6 is 22.9 Å². The van der Waals surface area contributed by atoms with Crippen molar-refractivity contribution in [1.29, 1.82) is 0 Å². The van der Waals surface area contributed by atoms with Gasteiger partial charge in [-0.05, 0) is 55.0 Å². The SMILES string of the molecule is CNC(=O)c1c(NC(=O)c2ccc(Cl)cc2)sc2c1CC[C@@H](C)C2. The van der Waals surface area contributed by atoms with Crippen LogP contribution < -0.4 is 10.6 Å². The Balaban J connectivity index is 1.93. The Hall–Kier alpha value is -1.85. The van der Waals surface area contributed by atoms with Gasteiger partial charge in [0.2, 0.25) is 0 Å². The summed E-state index contributed by atoms with van der Waals surface area (Å²) in [5.74, 6) is 0.227. The largest absolute Gasteiger partial charge is 0.355 e. The Morgan fingerprint density at radius 3 is 2.58 bits per heavy atom. The molecule has 0 fully saturated rings. The van der Waals surface area contributed by atoms with Gasteiger partial charge in [0.05, 0.1) is 5.56 Å². The number of carbonyl (C=O) groups is 2. The lowest BCUT2D eigenvalue weighted by Crippen LogP contribution is -2.22. The van der Waals surface area contributed by atoms with Crippen molar-refractivity contribution in [1.82, 2.24) is 5.32 Å². The van der Waals surface area contributed by atoms with Crippen LogP contribution in [0.2, 0.25) is 5.02 Å². The van der Waals surface area contributed by atoms with Gasteiger partial charge in [-0.2, -0.15) is 0 Å². The summed E-state index contributed by atoms with van der Waals surface area (Å²) in [5.41, 5.74) is 2.22. The lowest BCUT2D eigenvalue weighted by atomic mass is 9.88. The topological polar surface area (TPSA) is 58.2 Å². The van der Waals surface area contributed by atoms with E-state index < -0.39 is 0 Å². The highest BCUT2D eigenvalue weighted by Crippen LogP contribution is 2.39. The monoisotopic (exact) mass is 362 g/mol. The highest BCUT2D eigenvalue weighted by atomic mass is 35.5. The maximum absolute atomic E-state index is 12.5. The fourth-order valence-electron chi connectivity index (χ4n) is 2.98. The van der Waals surface area contributed by atoms with Crippen LogP contribution in [0, 0.1) is 5.92 Å². The second-order valence-electron chi connectivity index (χ2n) is 6.10. The molecule has 0 unspecified atom stereocenters. The standard InChI is InChI=1S/C18H19ClN2O2S/c1-10-3-8-13-14(9-10)24-18(15(13)17(23)20-2)21-16(22)11-4-6-12(19)7-5-11/h4-7,10H,3,8-9H2,1-2H3,(H,20,23)(H,21,22)/t10-/m1/s1. The lowest BCUT2D eigenvalue weighted by Gasteiger charge is -2.18. The zero-order valence-electron chi connectivity index (χ0n) is 13.6. The van der Waals surface area contributed by atoms with Crippen LogP contribution in [-0.2, 0) is 12.8 Å². The Morgan fingerprint density at radius 2 is 1.92 bits per heavy atom. The van der Waals surface area contributed by atoms with Crippen molar-refractivity contribution < 1.29 is 9.59 Å². The quantitative estimate of drug-likeness (QED) is 0.862. The summed E-state index contributed by atoms with van der Waals surface area (Å²) in [7, 11) is 1.61. The number of hydrogen-bond donors (Lipinski definition) is 2. The van der Waals surface area contributed by atoms with Crippen LogP contribution in [-0.4, -0.2) is 18.9 Å². The first-order chi connectivity index (χ1) is 11.5. The van der Waals surface area contributed by atoms with E-state index in [4.69, 9.17) is 11.6 Å². The molecule has 24 heavy (non-hydrogen) atoms. The minimum atomic E-state index is -0.233. The van der Waals surface area contributed by atoms with E-state index in [0.717, 1.165) is 24.8 Å². The third-order valence-electron chi connectivity index (χ3n) is 4.30. The third-order valence-corrected chi connectivity index (χ3v) is 5.72. The van der Waals surface area contributed by atoms with Crippen LogP contribution in [0.1, 0.15) is 44.5 Å². The van der Waals surface area contributed by atoms with E-state index in [2.05, 4.69) is 17.6 Å². The Morgan fingerprint density at radius 1 is 1.21 bits per heavy atom. The number of fused-ring (bicyclic) bond motifs is 1. The molecule has 126 valence electrons. The fourth-order valence-corrected chi connectivity index (χ4v) is 4.51. The van der Waals surface area contributed by atoms with Gasteiger partial charge in [0, 0.05) is 22.5 Å². The van der Waals surface area contributed by atoms with E-state index in [9.17, 15) is 9.59 Å². The summed E-state index contributed by atoms with van der Waals surface area (Å²) in [6, 6.07) is 6.70. The van der Waals surface area contributed by atoms with Crippen LogP contribution in [0.25, 0.3) is 0 Å². The molecule has 1 aromatic heterocycles. The summed E-state index contributed by atoms with van der Waals surface area (Å²) in [6.07, 6.45) is 2.91. The minimum absolute atomic E-state index is 0.145. The number of thiophene rings is 1. The lowest BCUT2D eigenvalue weighted by molar-refractivity contribution is 0.0963. The van der Waals surface area contributed by atoms with Crippen molar-refractivity contribution in [2.24, 2.45) is 5.92 Å². The Kier molecular flexibility index (Phi) is 4.92. The molecule has 2 aromatic rings. The molecule has 0 radical (unpaired) electrons. The first-order valence-electron chi connectivity index (χ1n) is 7.93. The van der Waals surface area contributed by atoms with Crippen molar-refractivity contribution in [2.75, 3.05) is 12.4 Å². The van der Waals surface area contributed by atoms with Crippen LogP contribution in [0.5, 0.6) is 0 Å². The maximum atomic E-state index is 12.5. The van der Waals surface area contributed by atoms with Crippen molar-refractivity contribution in [3.8, 4) is 0 Å². The zero-order valence-corrected chi connectivity index (χ0v) is 15.2. The average Bonchev–Trinajstić information content (AvgIpc) is 2.91. The molecule has 0 aliphatic heterocycles. The van der Waals surface area contributed by atoms with Crippen LogP contribution in [0.3, 0.4) is 0 Å². The smallest absolute Gasteiger partial charge is 0.256 e. The van der Waals surface area contributed by atoms with Crippen LogP contribution in [0.4, 0.5) is 5.00 Å². The average molecular weight is 363 g/mol. The number of carbonyl (C=O) groups excluding carboxylic acids is 2. The second kappa shape index (κ2) is 6.95. The van der Waals surface area contributed by atoms with E-state index in [1.807, 2.05) is 0 Å². The molecule has 6 heteroatoms. The minimum Gasteiger partial charge on any atom is -0.355 e. The number of rotatable bonds is 3. The second-order valence-corrected chi connectivity index (χ2v) is 7.64. The van der Waals surface area contributed by atoms with Gasteiger partial charge in [-0.15, -0.1) is 11.3 Å². The molecule has 0 saturated carbocycles. The Bertz CT molecular complexity index is 783. The van der Waals surface area contributed by atoms with E-state index in [1.54, 1.807) is 31.3 Å². The summed E-state index contributed by atoms with van der Waals surface area (Å²) in [4.78, 5) is 26.0. The van der Waals surface area contributed by atoms with E-state index in [-0.39, 0.29) is 11.8 Å². The molecule has 1 heterocycles. The molecule has 0 saturated heterocycles. The van der Waals surface area contributed by atoms with Gasteiger partial charge in [-0.1, -0.05) is 18.5 Å². The summed E-state index contributed by atoms with van der Waals surface area (Å²) in [5, 5.41) is 6.81. The predicted octanol–water partition coefficient (Wildman–Crippen LogP) is 4.14. The van der Waals surface area contributed by atoms with Gasteiger partial charge in [-0.25, -0.2) is 0 Å². The highest BCUT2D eigenvalue weighted by Gasteiger charge is 2.28. The molecule has 0 spiro atoms.